The lowest BCUT2D eigenvalue weighted by Crippen LogP contribution is -2.49. The molecule has 1 aliphatic carbocycles. The van der Waals surface area contributed by atoms with Crippen LogP contribution in [0.15, 0.2) is 71.6 Å². The molecule has 5 rings (SSSR count). The number of anilines is 1. The van der Waals surface area contributed by atoms with Gasteiger partial charge in [-0.25, -0.2) is 30.3 Å². The van der Waals surface area contributed by atoms with Crippen molar-refractivity contribution in [3.63, 3.8) is 0 Å². The van der Waals surface area contributed by atoms with Crippen LogP contribution >= 0.6 is 0 Å². The van der Waals surface area contributed by atoms with E-state index in [-0.39, 0.29) is 59.6 Å². The van der Waals surface area contributed by atoms with Gasteiger partial charge in [-0.2, -0.15) is 13.2 Å². The molecule has 1 N–H and O–H groups in total. The van der Waals surface area contributed by atoms with Gasteiger partial charge in [-0.3, -0.25) is 9.10 Å². The fraction of sp³-hybridized carbons (Fsp3) is 0.367. The van der Waals surface area contributed by atoms with E-state index in [4.69, 9.17) is 4.74 Å². The van der Waals surface area contributed by atoms with E-state index in [9.17, 15) is 43.6 Å². The third-order valence-corrected chi connectivity index (χ3v) is 11.6. The Morgan fingerprint density at radius 2 is 1.69 bits per heavy atom. The highest BCUT2D eigenvalue weighted by Gasteiger charge is 2.47. The minimum absolute atomic E-state index is 0.00168. The predicted octanol–water partition coefficient (Wildman–Crippen LogP) is 5.94. The van der Waals surface area contributed by atoms with Gasteiger partial charge in [0.15, 0.2) is 0 Å². The number of nitrogens with one attached hydrogen (secondary N) is 1. The number of rotatable bonds is 8. The van der Waals surface area contributed by atoms with Crippen LogP contribution in [0.25, 0.3) is 11.1 Å². The number of carbonyl (C=O) groups is 1. The Bertz CT molecular complexity index is 1790. The van der Waals surface area contributed by atoms with E-state index in [1.165, 1.54) is 48.5 Å². The Labute approximate surface area is 257 Å². The van der Waals surface area contributed by atoms with E-state index in [2.05, 4.69) is 0 Å². The maximum absolute atomic E-state index is 14.6. The van der Waals surface area contributed by atoms with Crippen molar-refractivity contribution in [2.75, 3.05) is 10.8 Å². The van der Waals surface area contributed by atoms with E-state index in [1.54, 1.807) is 6.07 Å². The number of halogens is 5. The van der Waals surface area contributed by atoms with Crippen LogP contribution in [-0.2, 0) is 24.8 Å². The summed E-state index contributed by atoms with van der Waals surface area (Å²) in [5.74, 6) is -4.37. The minimum atomic E-state index is -4.57. The van der Waals surface area contributed by atoms with Gasteiger partial charge in [-0.1, -0.05) is 30.7 Å². The van der Waals surface area contributed by atoms with Crippen molar-refractivity contribution in [3.05, 3.63) is 78.4 Å². The zero-order valence-electron chi connectivity index (χ0n) is 23.6. The summed E-state index contributed by atoms with van der Waals surface area (Å²) in [6.45, 7) is -0.392. The molecule has 0 saturated heterocycles. The molecule has 0 bridgehead atoms. The molecule has 2 aliphatic rings. The first kappa shape index (κ1) is 32.7. The monoisotopic (exact) mass is 672 g/mol. The Morgan fingerprint density at radius 3 is 2.38 bits per heavy atom. The maximum atomic E-state index is 14.6. The summed E-state index contributed by atoms with van der Waals surface area (Å²) in [7, 11) is -8.60. The second kappa shape index (κ2) is 12.6. The van der Waals surface area contributed by atoms with E-state index < -0.39 is 74.0 Å². The highest BCUT2D eigenvalue weighted by Crippen LogP contribution is 2.44. The first-order valence-corrected chi connectivity index (χ1v) is 17.1. The summed E-state index contributed by atoms with van der Waals surface area (Å²) >= 11 is 0. The molecule has 1 heterocycles. The molecular formula is C30H29F5N2O6S2. The summed E-state index contributed by atoms with van der Waals surface area (Å²) in [6.07, 6.45) is -6.83. The van der Waals surface area contributed by atoms with Crippen molar-refractivity contribution < 1.29 is 48.3 Å². The zero-order chi connectivity index (χ0) is 32.6. The number of hydrogen-bond donors (Lipinski definition) is 1. The standard InChI is InChI=1S/C30H29F5N2O6S2/c31-21-10-12-25(26(32)17-21)19-9-13-28-27(15-19)37(45(41,42)24-8-4-5-20(16-24)30(33,34)35)18-22(43-28)11-14-29(38)36-44(39,40)23-6-2-1-3-7-23/h1-3,6-7,9-10,12-13,15,17,20,22,24H,4-5,8,11,14,16,18H2,(H,36,38)/t20?,22-,24?/m0/s1. The van der Waals surface area contributed by atoms with Crippen LogP contribution in [0.3, 0.4) is 0 Å². The van der Waals surface area contributed by atoms with Gasteiger partial charge in [-0.15, -0.1) is 0 Å². The second-order valence-corrected chi connectivity index (χ2v) is 14.8. The topological polar surface area (TPSA) is 110 Å². The molecule has 0 radical (unpaired) electrons. The van der Waals surface area contributed by atoms with Crippen LogP contribution in [0.1, 0.15) is 38.5 Å². The molecular weight excluding hydrogens is 643 g/mol. The number of carbonyl (C=O) groups excluding carboxylic acids is 1. The van der Waals surface area contributed by atoms with E-state index >= 15 is 0 Å². The number of alkyl halides is 3. The minimum Gasteiger partial charge on any atom is -0.486 e. The highest BCUT2D eigenvalue weighted by atomic mass is 32.2. The van der Waals surface area contributed by atoms with Crippen molar-refractivity contribution in [3.8, 4) is 16.9 Å². The molecule has 3 aromatic carbocycles. The highest BCUT2D eigenvalue weighted by molar-refractivity contribution is 7.93. The lowest BCUT2D eigenvalue weighted by Gasteiger charge is -2.39. The molecule has 15 heteroatoms. The molecule has 0 spiro atoms. The van der Waals surface area contributed by atoms with Gasteiger partial charge >= 0.3 is 6.18 Å². The number of hydrogen-bond acceptors (Lipinski definition) is 6. The van der Waals surface area contributed by atoms with Gasteiger partial charge in [0.25, 0.3) is 10.0 Å². The lowest BCUT2D eigenvalue weighted by molar-refractivity contribution is -0.181. The average Bonchev–Trinajstić information content (AvgIpc) is 2.99. The van der Waals surface area contributed by atoms with Crippen molar-refractivity contribution in [2.45, 2.75) is 61.0 Å². The number of ether oxygens (including phenoxy) is 1. The molecule has 45 heavy (non-hydrogen) atoms. The first-order valence-electron chi connectivity index (χ1n) is 14.1. The van der Waals surface area contributed by atoms with Crippen LogP contribution in [0, 0.1) is 17.6 Å². The van der Waals surface area contributed by atoms with Crippen molar-refractivity contribution in [2.24, 2.45) is 5.92 Å². The van der Waals surface area contributed by atoms with E-state index in [1.807, 2.05) is 4.72 Å². The number of benzene rings is 3. The fourth-order valence-electron chi connectivity index (χ4n) is 5.64. The molecule has 1 amide bonds. The molecule has 2 unspecified atom stereocenters. The van der Waals surface area contributed by atoms with Crippen LogP contribution in [0.4, 0.5) is 27.6 Å². The molecule has 8 nitrogen and oxygen atoms in total. The van der Waals surface area contributed by atoms with Crippen LogP contribution < -0.4 is 13.8 Å². The van der Waals surface area contributed by atoms with E-state index in [0.29, 0.717) is 6.07 Å². The summed E-state index contributed by atoms with van der Waals surface area (Å²) in [5, 5.41) is -1.37. The Kier molecular flexibility index (Phi) is 9.13. The third kappa shape index (κ3) is 7.24. The van der Waals surface area contributed by atoms with Gasteiger partial charge in [-0.05, 0) is 67.6 Å². The quantitative estimate of drug-likeness (QED) is 0.297. The predicted molar refractivity (Wildman–Crippen MR) is 155 cm³/mol. The molecule has 3 aromatic rings. The normalized spacial score (nSPS) is 20.6. The van der Waals surface area contributed by atoms with Gasteiger partial charge in [0.05, 0.1) is 28.3 Å². The summed E-state index contributed by atoms with van der Waals surface area (Å²) in [4.78, 5) is 12.5. The molecule has 1 aliphatic heterocycles. The largest absolute Gasteiger partial charge is 0.486 e. The molecule has 3 atom stereocenters. The molecule has 0 aromatic heterocycles. The van der Waals surface area contributed by atoms with Crippen LogP contribution in [0.2, 0.25) is 0 Å². The van der Waals surface area contributed by atoms with Crippen molar-refractivity contribution in [1.82, 2.24) is 4.72 Å². The van der Waals surface area contributed by atoms with Crippen LogP contribution in [0.5, 0.6) is 5.75 Å². The average molecular weight is 673 g/mol. The van der Waals surface area contributed by atoms with Crippen molar-refractivity contribution in [1.29, 1.82) is 0 Å². The Hall–Kier alpha value is -3.72. The number of nitrogens with zero attached hydrogens (tertiary/aromatic N) is 1. The van der Waals surface area contributed by atoms with Crippen molar-refractivity contribution >= 4 is 31.6 Å². The second-order valence-electron chi connectivity index (χ2n) is 11.0. The van der Waals surface area contributed by atoms with Crippen LogP contribution in [-0.4, -0.2) is 46.8 Å². The molecule has 242 valence electrons. The Morgan fingerprint density at radius 1 is 0.956 bits per heavy atom. The number of amides is 1. The summed E-state index contributed by atoms with van der Waals surface area (Å²) in [6, 6.07) is 14.1. The third-order valence-electron chi connectivity index (χ3n) is 7.95. The first-order chi connectivity index (χ1) is 21.1. The summed E-state index contributed by atoms with van der Waals surface area (Å²) < 4.78 is 131. The summed E-state index contributed by atoms with van der Waals surface area (Å²) in [5.41, 5.74) is 0.0956. The smallest absolute Gasteiger partial charge is 0.391 e. The molecule has 1 saturated carbocycles. The number of sulfonamides is 2. The van der Waals surface area contributed by atoms with Gasteiger partial charge in [0.1, 0.15) is 23.5 Å². The maximum Gasteiger partial charge on any atom is 0.391 e. The fourth-order valence-corrected chi connectivity index (χ4v) is 8.76. The SMILES string of the molecule is O=C(CC[C@H]1CN(S(=O)(=O)C2CCCC(C(F)(F)F)C2)c2cc(-c3ccc(F)cc3F)ccc2O1)NS(=O)(=O)c1ccccc1. The van der Waals surface area contributed by atoms with E-state index in [0.717, 1.165) is 10.4 Å². The number of fused-ring (bicyclic) bond motifs is 1. The Balaban J connectivity index is 1.42. The lowest BCUT2D eigenvalue weighted by atomic mass is 9.88. The zero-order valence-corrected chi connectivity index (χ0v) is 25.3. The van der Waals surface area contributed by atoms with Gasteiger partial charge in [0, 0.05) is 18.1 Å². The van der Waals surface area contributed by atoms with Gasteiger partial charge < -0.3 is 4.74 Å². The molecule has 1 fully saturated rings. The van der Waals surface area contributed by atoms with Gasteiger partial charge in [0.2, 0.25) is 15.9 Å².